The van der Waals surface area contributed by atoms with Crippen molar-refractivity contribution in [2.75, 3.05) is 32.8 Å². The molecule has 0 radical (unpaired) electrons. The third-order valence-electron chi connectivity index (χ3n) is 6.12. The van der Waals surface area contributed by atoms with Gasteiger partial charge in [-0.2, -0.15) is 5.10 Å². The molecule has 3 aromatic rings. The first-order valence-corrected chi connectivity index (χ1v) is 11.5. The number of nitrogens with one attached hydrogen (secondary N) is 1. The summed E-state index contributed by atoms with van der Waals surface area (Å²) in [6, 6.07) is 9.94. The zero-order valence-corrected chi connectivity index (χ0v) is 19.7. The number of morpholine rings is 1. The largest absolute Gasteiger partial charge is 0.379 e. The standard InChI is InChI=1S/C24H30ClN5O2/c1-16-14-23-27-17(2)21(18(3)30(23)28-16)8-9-24(31)26-15-22(29-10-12-32-13-11-29)19-4-6-20(25)7-5-19/h4-7,14,22H,8-13,15H2,1-3H3,(H,26,31). The van der Waals surface area contributed by atoms with Gasteiger partial charge >= 0.3 is 0 Å². The lowest BCUT2D eigenvalue weighted by Gasteiger charge is -2.35. The van der Waals surface area contributed by atoms with Gasteiger partial charge in [-0.05, 0) is 50.5 Å². The molecule has 1 amide bonds. The summed E-state index contributed by atoms with van der Waals surface area (Å²) in [6.07, 6.45) is 1.04. The Morgan fingerprint density at radius 3 is 2.62 bits per heavy atom. The van der Waals surface area contributed by atoms with E-state index in [-0.39, 0.29) is 11.9 Å². The monoisotopic (exact) mass is 455 g/mol. The molecule has 4 rings (SSSR count). The van der Waals surface area contributed by atoms with Gasteiger partial charge in [0.15, 0.2) is 5.65 Å². The van der Waals surface area contributed by atoms with Crippen LogP contribution in [-0.4, -0.2) is 58.3 Å². The normalized spacial score (nSPS) is 15.8. The van der Waals surface area contributed by atoms with E-state index in [4.69, 9.17) is 16.3 Å². The lowest BCUT2D eigenvalue weighted by Crippen LogP contribution is -2.43. The number of nitrogens with zero attached hydrogens (tertiary/aromatic N) is 4. The third-order valence-corrected chi connectivity index (χ3v) is 6.37. The smallest absolute Gasteiger partial charge is 0.220 e. The first-order valence-electron chi connectivity index (χ1n) is 11.1. The molecule has 1 N–H and O–H groups in total. The van der Waals surface area contributed by atoms with Crippen LogP contribution in [0.5, 0.6) is 0 Å². The average Bonchev–Trinajstić information content (AvgIpc) is 3.16. The molecule has 1 aliphatic rings. The summed E-state index contributed by atoms with van der Waals surface area (Å²) in [7, 11) is 0. The average molecular weight is 456 g/mol. The van der Waals surface area contributed by atoms with Gasteiger partial charge in [-0.3, -0.25) is 9.69 Å². The second kappa shape index (κ2) is 9.98. The Morgan fingerprint density at radius 2 is 1.91 bits per heavy atom. The van der Waals surface area contributed by atoms with E-state index in [1.54, 1.807) is 0 Å². The maximum Gasteiger partial charge on any atom is 0.220 e. The number of fused-ring (bicyclic) bond motifs is 1. The molecule has 0 bridgehead atoms. The lowest BCUT2D eigenvalue weighted by atomic mass is 10.0. The summed E-state index contributed by atoms with van der Waals surface area (Å²) in [5.41, 5.74) is 6.01. The predicted octanol–water partition coefficient (Wildman–Crippen LogP) is 3.43. The molecule has 0 spiro atoms. The first kappa shape index (κ1) is 22.7. The van der Waals surface area contributed by atoms with Crippen LogP contribution in [-0.2, 0) is 16.0 Å². The minimum absolute atomic E-state index is 0.0350. The number of benzene rings is 1. The van der Waals surface area contributed by atoms with E-state index in [0.29, 0.717) is 37.6 Å². The van der Waals surface area contributed by atoms with Crippen molar-refractivity contribution in [2.24, 2.45) is 0 Å². The van der Waals surface area contributed by atoms with Gasteiger partial charge in [0.25, 0.3) is 0 Å². The fraction of sp³-hybridized carbons (Fsp3) is 0.458. The molecule has 0 saturated carbocycles. The van der Waals surface area contributed by atoms with E-state index in [1.165, 1.54) is 0 Å². The molecular formula is C24H30ClN5O2. The molecule has 170 valence electrons. The zero-order valence-electron chi connectivity index (χ0n) is 18.9. The van der Waals surface area contributed by atoms with Crippen molar-refractivity contribution >= 4 is 23.2 Å². The Labute approximate surface area is 193 Å². The summed E-state index contributed by atoms with van der Waals surface area (Å²) < 4.78 is 7.37. The predicted molar refractivity (Wildman–Crippen MR) is 125 cm³/mol. The van der Waals surface area contributed by atoms with Crippen molar-refractivity contribution in [3.05, 3.63) is 63.6 Å². The Balaban J connectivity index is 1.41. The van der Waals surface area contributed by atoms with Gasteiger partial charge in [0.1, 0.15) is 0 Å². The molecule has 7 nitrogen and oxygen atoms in total. The van der Waals surface area contributed by atoms with Crippen molar-refractivity contribution in [3.63, 3.8) is 0 Å². The van der Waals surface area contributed by atoms with Crippen LogP contribution in [0, 0.1) is 20.8 Å². The highest BCUT2D eigenvalue weighted by Gasteiger charge is 2.23. The van der Waals surface area contributed by atoms with Gasteiger partial charge in [-0.1, -0.05) is 23.7 Å². The molecule has 1 atom stereocenters. The van der Waals surface area contributed by atoms with E-state index >= 15 is 0 Å². The SMILES string of the molecule is Cc1cc2nc(C)c(CCC(=O)NCC(c3ccc(Cl)cc3)N3CCOCC3)c(C)n2n1. The van der Waals surface area contributed by atoms with Crippen LogP contribution < -0.4 is 5.32 Å². The van der Waals surface area contributed by atoms with Crippen LogP contribution in [0.3, 0.4) is 0 Å². The number of rotatable bonds is 7. The van der Waals surface area contributed by atoms with Crippen LogP contribution in [0.15, 0.2) is 30.3 Å². The fourth-order valence-corrected chi connectivity index (χ4v) is 4.50. The molecule has 0 aliphatic carbocycles. The number of carbonyl (C=O) groups is 1. The number of ether oxygens (including phenoxy) is 1. The third kappa shape index (κ3) is 5.11. The highest BCUT2D eigenvalue weighted by atomic mass is 35.5. The molecule has 2 aromatic heterocycles. The van der Waals surface area contributed by atoms with Gasteiger partial charge < -0.3 is 10.1 Å². The van der Waals surface area contributed by atoms with Gasteiger partial charge in [-0.15, -0.1) is 0 Å². The minimum Gasteiger partial charge on any atom is -0.379 e. The molecule has 1 saturated heterocycles. The highest BCUT2D eigenvalue weighted by Crippen LogP contribution is 2.23. The van der Waals surface area contributed by atoms with E-state index in [2.05, 4.69) is 20.3 Å². The molecular weight excluding hydrogens is 426 g/mol. The Kier molecular flexibility index (Phi) is 7.08. The first-order chi connectivity index (χ1) is 15.4. The van der Waals surface area contributed by atoms with E-state index in [0.717, 1.165) is 46.9 Å². The molecule has 1 aromatic carbocycles. The number of amides is 1. The topological polar surface area (TPSA) is 71.8 Å². The number of hydrogen-bond donors (Lipinski definition) is 1. The van der Waals surface area contributed by atoms with Crippen molar-refractivity contribution in [1.29, 1.82) is 0 Å². The van der Waals surface area contributed by atoms with Crippen LogP contribution in [0.1, 0.15) is 40.7 Å². The number of hydrogen-bond acceptors (Lipinski definition) is 5. The Hall–Kier alpha value is -2.48. The van der Waals surface area contributed by atoms with Crippen LogP contribution in [0.2, 0.25) is 5.02 Å². The minimum atomic E-state index is 0.0350. The summed E-state index contributed by atoms with van der Waals surface area (Å²) in [4.78, 5) is 19.8. The second-order valence-electron chi connectivity index (χ2n) is 8.34. The van der Waals surface area contributed by atoms with Gasteiger partial charge in [0.05, 0.1) is 24.9 Å². The summed E-state index contributed by atoms with van der Waals surface area (Å²) >= 11 is 6.08. The van der Waals surface area contributed by atoms with Crippen molar-refractivity contribution in [3.8, 4) is 0 Å². The van der Waals surface area contributed by atoms with Crippen molar-refractivity contribution in [1.82, 2.24) is 24.8 Å². The summed E-state index contributed by atoms with van der Waals surface area (Å²) in [6.45, 7) is 9.65. The van der Waals surface area contributed by atoms with Crippen molar-refractivity contribution < 1.29 is 9.53 Å². The van der Waals surface area contributed by atoms with Crippen LogP contribution in [0.25, 0.3) is 5.65 Å². The van der Waals surface area contributed by atoms with E-state index in [9.17, 15) is 4.79 Å². The van der Waals surface area contributed by atoms with Crippen molar-refractivity contribution in [2.45, 2.75) is 39.7 Å². The molecule has 1 unspecified atom stereocenters. The maximum atomic E-state index is 12.8. The number of carbonyl (C=O) groups excluding carboxylic acids is 1. The highest BCUT2D eigenvalue weighted by molar-refractivity contribution is 6.30. The second-order valence-corrected chi connectivity index (χ2v) is 8.77. The quantitative estimate of drug-likeness (QED) is 0.591. The molecule has 3 heterocycles. The molecule has 1 aliphatic heterocycles. The van der Waals surface area contributed by atoms with Gasteiger partial charge in [0, 0.05) is 48.5 Å². The Morgan fingerprint density at radius 1 is 1.19 bits per heavy atom. The van der Waals surface area contributed by atoms with Gasteiger partial charge in [-0.25, -0.2) is 9.50 Å². The summed E-state index contributed by atoms with van der Waals surface area (Å²) in [5.74, 6) is 0.0350. The van der Waals surface area contributed by atoms with E-state index in [1.807, 2.05) is 55.6 Å². The van der Waals surface area contributed by atoms with Gasteiger partial charge in [0.2, 0.25) is 5.91 Å². The van der Waals surface area contributed by atoms with Crippen LogP contribution in [0.4, 0.5) is 0 Å². The molecule has 8 heteroatoms. The maximum absolute atomic E-state index is 12.8. The Bertz CT molecular complexity index is 1090. The molecule has 1 fully saturated rings. The zero-order chi connectivity index (χ0) is 22.7. The fourth-order valence-electron chi connectivity index (χ4n) is 4.37. The number of aromatic nitrogens is 3. The number of aryl methyl sites for hydroxylation is 3. The lowest BCUT2D eigenvalue weighted by molar-refractivity contribution is -0.121. The molecule has 32 heavy (non-hydrogen) atoms. The van der Waals surface area contributed by atoms with E-state index < -0.39 is 0 Å². The van der Waals surface area contributed by atoms with Crippen LogP contribution >= 0.6 is 11.6 Å². The number of halogens is 1. The summed E-state index contributed by atoms with van der Waals surface area (Å²) in [5, 5.41) is 8.38.